The molecule has 0 radical (unpaired) electrons. The molecule has 1 heterocycles. The van der Waals surface area contributed by atoms with E-state index in [0.29, 0.717) is 17.1 Å². The van der Waals surface area contributed by atoms with E-state index in [1.807, 2.05) is 0 Å². The van der Waals surface area contributed by atoms with Gasteiger partial charge in [0.1, 0.15) is 5.82 Å². The van der Waals surface area contributed by atoms with Crippen molar-refractivity contribution < 1.29 is 13.2 Å². The Morgan fingerprint density at radius 1 is 1.16 bits per heavy atom. The molecule has 0 aliphatic rings. The first-order valence-corrected chi connectivity index (χ1v) is 5.64. The van der Waals surface area contributed by atoms with Crippen LogP contribution in [0.5, 0.6) is 0 Å². The molecule has 0 amide bonds. The van der Waals surface area contributed by atoms with Gasteiger partial charge in [-0.25, -0.2) is 4.98 Å². The van der Waals surface area contributed by atoms with E-state index in [-0.39, 0.29) is 6.54 Å². The van der Waals surface area contributed by atoms with Crippen LogP contribution in [-0.2, 0) is 12.7 Å². The number of alkyl halides is 3. The third kappa shape index (κ3) is 3.43. The molecule has 19 heavy (non-hydrogen) atoms. The molecule has 3 nitrogen and oxygen atoms in total. The molecule has 0 spiro atoms. The largest absolute Gasteiger partial charge is 0.416 e. The minimum Gasteiger partial charge on any atom is -0.364 e. The number of aromatic nitrogens is 2. The SMILES string of the molecule is Cc1nccnc1NCc1cccc(C(F)(F)F)c1. The van der Waals surface area contributed by atoms with Gasteiger partial charge in [0.25, 0.3) is 0 Å². The lowest BCUT2D eigenvalue weighted by Crippen LogP contribution is -2.08. The van der Waals surface area contributed by atoms with Gasteiger partial charge >= 0.3 is 6.18 Å². The van der Waals surface area contributed by atoms with Crippen molar-refractivity contribution in [3.8, 4) is 0 Å². The van der Waals surface area contributed by atoms with E-state index in [4.69, 9.17) is 0 Å². The van der Waals surface area contributed by atoms with Crippen LogP contribution in [0.2, 0.25) is 0 Å². The number of rotatable bonds is 3. The van der Waals surface area contributed by atoms with Crippen molar-refractivity contribution in [1.29, 1.82) is 0 Å². The van der Waals surface area contributed by atoms with Gasteiger partial charge in [0.15, 0.2) is 0 Å². The molecule has 1 N–H and O–H groups in total. The fourth-order valence-corrected chi connectivity index (χ4v) is 1.62. The Hall–Kier alpha value is -2.11. The Morgan fingerprint density at radius 2 is 1.89 bits per heavy atom. The molecule has 0 aliphatic heterocycles. The predicted octanol–water partition coefficient (Wildman–Crippen LogP) is 3.42. The summed E-state index contributed by atoms with van der Waals surface area (Å²) >= 11 is 0. The first-order valence-electron chi connectivity index (χ1n) is 5.64. The van der Waals surface area contributed by atoms with Crippen LogP contribution in [0, 0.1) is 6.92 Å². The highest BCUT2D eigenvalue weighted by atomic mass is 19.4. The van der Waals surface area contributed by atoms with Gasteiger partial charge in [-0.05, 0) is 24.6 Å². The van der Waals surface area contributed by atoms with E-state index in [1.165, 1.54) is 12.3 Å². The first-order chi connectivity index (χ1) is 8.97. The van der Waals surface area contributed by atoms with Gasteiger partial charge in [0, 0.05) is 18.9 Å². The Balaban J connectivity index is 2.10. The molecule has 0 aliphatic carbocycles. The van der Waals surface area contributed by atoms with E-state index in [0.717, 1.165) is 12.1 Å². The van der Waals surface area contributed by atoms with Crippen LogP contribution in [-0.4, -0.2) is 9.97 Å². The fraction of sp³-hybridized carbons (Fsp3) is 0.231. The third-order valence-corrected chi connectivity index (χ3v) is 2.60. The zero-order valence-corrected chi connectivity index (χ0v) is 10.2. The molecule has 0 fully saturated rings. The molecule has 2 aromatic rings. The van der Waals surface area contributed by atoms with Crippen LogP contribution in [0.1, 0.15) is 16.8 Å². The summed E-state index contributed by atoms with van der Waals surface area (Å²) < 4.78 is 37.7. The van der Waals surface area contributed by atoms with Crippen molar-refractivity contribution in [3.63, 3.8) is 0 Å². The van der Waals surface area contributed by atoms with Crippen molar-refractivity contribution in [2.75, 3.05) is 5.32 Å². The quantitative estimate of drug-likeness (QED) is 0.926. The van der Waals surface area contributed by atoms with Crippen LogP contribution in [0.25, 0.3) is 0 Å². The van der Waals surface area contributed by atoms with Gasteiger partial charge in [0.2, 0.25) is 0 Å². The van der Waals surface area contributed by atoms with E-state index in [1.54, 1.807) is 19.2 Å². The molecular weight excluding hydrogens is 255 g/mol. The summed E-state index contributed by atoms with van der Waals surface area (Å²) in [6, 6.07) is 5.20. The molecule has 0 saturated heterocycles. The fourth-order valence-electron chi connectivity index (χ4n) is 1.62. The average Bonchev–Trinajstić information content (AvgIpc) is 2.37. The predicted molar refractivity (Wildman–Crippen MR) is 65.5 cm³/mol. The zero-order chi connectivity index (χ0) is 13.9. The number of benzene rings is 1. The Labute approximate surface area is 108 Å². The Morgan fingerprint density at radius 3 is 2.58 bits per heavy atom. The van der Waals surface area contributed by atoms with Crippen LogP contribution >= 0.6 is 0 Å². The molecule has 1 aromatic carbocycles. The lowest BCUT2D eigenvalue weighted by Gasteiger charge is -2.10. The van der Waals surface area contributed by atoms with Gasteiger partial charge in [-0.2, -0.15) is 13.2 Å². The van der Waals surface area contributed by atoms with E-state index < -0.39 is 11.7 Å². The molecule has 2 rings (SSSR count). The van der Waals surface area contributed by atoms with Crippen molar-refractivity contribution in [2.24, 2.45) is 0 Å². The Bertz CT molecular complexity index is 567. The molecule has 100 valence electrons. The minimum absolute atomic E-state index is 0.267. The van der Waals surface area contributed by atoms with Gasteiger partial charge < -0.3 is 5.32 Å². The molecule has 0 atom stereocenters. The molecular formula is C13H12F3N3. The monoisotopic (exact) mass is 267 g/mol. The number of aryl methyl sites for hydroxylation is 1. The normalized spacial score (nSPS) is 11.4. The standard InChI is InChI=1S/C13H12F3N3/c1-9-12(18-6-5-17-9)19-8-10-3-2-4-11(7-10)13(14,15)16/h2-7H,8H2,1H3,(H,18,19). The maximum absolute atomic E-state index is 12.6. The number of hydrogen-bond donors (Lipinski definition) is 1. The van der Waals surface area contributed by atoms with Crippen LogP contribution < -0.4 is 5.32 Å². The lowest BCUT2D eigenvalue weighted by atomic mass is 10.1. The summed E-state index contributed by atoms with van der Waals surface area (Å²) in [7, 11) is 0. The topological polar surface area (TPSA) is 37.8 Å². The summed E-state index contributed by atoms with van der Waals surface area (Å²) in [5.74, 6) is 0.569. The van der Waals surface area contributed by atoms with Crippen molar-refractivity contribution in [2.45, 2.75) is 19.6 Å². The molecule has 1 aromatic heterocycles. The van der Waals surface area contributed by atoms with E-state index >= 15 is 0 Å². The van der Waals surface area contributed by atoms with Crippen molar-refractivity contribution in [1.82, 2.24) is 9.97 Å². The smallest absolute Gasteiger partial charge is 0.364 e. The number of halogens is 3. The maximum atomic E-state index is 12.6. The van der Waals surface area contributed by atoms with Crippen LogP contribution in [0.3, 0.4) is 0 Å². The van der Waals surface area contributed by atoms with E-state index in [9.17, 15) is 13.2 Å². The van der Waals surface area contributed by atoms with Gasteiger partial charge in [-0.1, -0.05) is 12.1 Å². The highest BCUT2D eigenvalue weighted by Crippen LogP contribution is 2.29. The summed E-state index contributed by atoms with van der Waals surface area (Å²) in [4.78, 5) is 8.11. The highest BCUT2D eigenvalue weighted by molar-refractivity contribution is 5.39. The summed E-state index contributed by atoms with van der Waals surface area (Å²) in [6.07, 6.45) is -1.23. The number of nitrogens with zero attached hydrogens (tertiary/aromatic N) is 2. The summed E-state index contributed by atoms with van der Waals surface area (Å²) in [5.41, 5.74) is 0.594. The minimum atomic E-state index is -4.32. The second kappa shape index (κ2) is 5.26. The molecule has 0 bridgehead atoms. The van der Waals surface area contributed by atoms with Crippen LogP contribution in [0.4, 0.5) is 19.0 Å². The third-order valence-electron chi connectivity index (χ3n) is 2.60. The van der Waals surface area contributed by atoms with E-state index in [2.05, 4.69) is 15.3 Å². The Kier molecular flexibility index (Phi) is 3.69. The second-order valence-corrected chi connectivity index (χ2v) is 4.04. The number of anilines is 1. The van der Waals surface area contributed by atoms with Crippen molar-refractivity contribution >= 4 is 5.82 Å². The number of nitrogens with one attached hydrogen (secondary N) is 1. The van der Waals surface area contributed by atoms with Gasteiger partial charge in [0.05, 0.1) is 11.3 Å². The summed E-state index contributed by atoms with van der Waals surface area (Å²) in [6.45, 7) is 2.05. The van der Waals surface area contributed by atoms with Gasteiger partial charge in [-0.3, -0.25) is 4.98 Å². The van der Waals surface area contributed by atoms with Gasteiger partial charge in [-0.15, -0.1) is 0 Å². The molecule has 6 heteroatoms. The zero-order valence-electron chi connectivity index (χ0n) is 10.2. The second-order valence-electron chi connectivity index (χ2n) is 4.04. The first kappa shape index (κ1) is 13.3. The lowest BCUT2D eigenvalue weighted by molar-refractivity contribution is -0.137. The maximum Gasteiger partial charge on any atom is 0.416 e. The van der Waals surface area contributed by atoms with Crippen LogP contribution in [0.15, 0.2) is 36.7 Å². The number of hydrogen-bond acceptors (Lipinski definition) is 3. The van der Waals surface area contributed by atoms with Crippen molar-refractivity contribution in [3.05, 3.63) is 53.5 Å². The molecule has 0 unspecified atom stereocenters. The summed E-state index contributed by atoms with van der Waals surface area (Å²) in [5, 5.41) is 2.97. The average molecular weight is 267 g/mol. The highest BCUT2D eigenvalue weighted by Gasteiger charge is 2.30. The molecule has 0 saturated carbocycles.